The predicted octanol–water partition coefficient (Wildman–Crippen LogP) is 10.6. The highest BCUT2D eigenvalue weighted by Gasteiger charge is 2.38. The Labute approximate surface area is 312 Å². The van der Waals surface area contributed by atoms with Crippen LogP contribution in [0.2, 0.25) is 0 Å². The lowest BCUT2D eigenvalue weighted by molar-refractivity contribution is -0.133. The molecule has 6 rings (SSSR count). The number of carbonyl (C=O) groups is 2. The summed E-state index contributed by atoms with van der Waals surface area (Å²) in [6.07, 6.45) is 10.8. The van der Waals surface area contributed by atoms with Crippen LogP contribution in [-0.2, 0) is 9.59 Å². The van der Waals surface area contributed by atoms with Crippen LogP contribution in [0.15, 0.2) is 54.9 Å². The molecule has 53 heavy (non-hydrogen) atoms. The van der Waals surface area contributed by atoms with E-state index >= 15 is 0 Å². The summed E-state index contributed by atoms with van der Waals surface area (Å²) in [5.41, 5.74) is 3.22. The fourth-order valence-corrected chi connectivity index (χ4v) is 8.13. The number of aromatic amines is 2. The van der Waals surface area contributed by atoms with E-state index in [9.17, 15) is 18.4 Å². The number of aromatic nitrogens is 4. The number of H-pyrrole nitrogens is 2. The lowest BCUT2D eigenvalue weighted by atomic mass is 9.75. The first kappa shape index (κ1) is 38.4. The van der Waals surface area contributed by atoms with E-state index in [0.29, 0.717) is 28.5 Å². The minimum Gasteiger partial charge on any atom is -0.345 e. The third kappa shape index (κ3) is 8.42. The Balaban J connectivity index is 1.18. The van der Waals surface area contributed by atoms with Crippen molar-refractivity contribution in [2.75, 3.05) is 0 Å². The lowest BCUT2D eigenvalue weighted by Gasteiger charge is -2.34. The highest BCUT2D eigenvalue weighted by Crippen LogP contribution is 2.39. The van der Waals surface area contributed by atoms with Crippen molar-refractivity contribution >= 4 is 11.8 Å². The number of nitrogens with one attached hydrogen (secondary N) is 4. The summed E-state index contributed by atoms with van der Waals surface area (Å²) in [6.45, 7) is 12.3. The highest BCUT2D eigenvalue weighted by atomic mass is 19.3. The second kappa shape index (κ2) is 15.9. The van der Waals surface area contributed by atoms with Gasteiger partial charge in [-0.3, -0.25) is 9.59 Å². The summed E-state index contributed by atoms with van der Waals surface area (Å²) in [5, 5.41) is 6.51. The number of nitrogens with zero attached hydrogens (tertiary/aromatic N) is 2. The van der Waals surface area contributed by atoms with E-state index in [1.54, 1.807) is 18.5 Å². The summed E-state index contributed by atoms with van der Waals surface area (Å²) in [7, 11) is 0. The van der Waals surface area contributed by atoms with Gasteiger partial charge in [-0.15, -0.1) is 0 Å². The lowest BCUT2D eigenvalue weighted by Crippen LogP contribution is -2.43. The Bertz CT molecular complexity index is 1860. The maximum absolute atomic E-state index is 14.6. The largest absolute Gasteiger partial charge is 0.345 e. The maximum Gasteiger partial charge on any atom is 0.264 e. The number of amides is 2. The average Bonchev–Trinajstić information content (AvgIpc) is 3.84. The molecule has 0 radical (unpaired) electrons. The Hall–Kier alpha value is -4.34. The van der Waals surface area contributed by atoms with Gasteiger partial charge in [-0.05, 0) is 60.3 Å². The maximum atomic E-state index is 14.6. The zero-order valence-electron chi connectivity index (χ0n) is 32.1. The first-order valence-electron chi connectivity index (χ1n) is 19.5. The molecule has 2 atom stereocenters. The van der Waals surface area contributed by atoms with Gasteiger partial charge in [0, 0.05) is 22.0 Å². The van der Waals surface area contributed by atoms with Gasteiger partial charge in [0.25, 0.3) is 6.43 Å². The third-order valence-corrected chi connectivity index (χ3v) is 11.8. The van der Waals surface area contributed by atoms with Crippen molar-refractivity contribution in [1.29, 1.82) is 0 Å². The van der Waals surface area contributed by atoms with Crippen LogP contribution in [0.5, 0.6) is 0 Å². The van der Waals surface area contributed by atoms with Gasteiger partial charge in [0.15, 0.2) is 0 Å². The van der Waals surface area contributed by atoms with Crippen molar-refractivity contribution in [3.63, 3.8) is 0 Å². The average molecular weight is 727 g/mol. The van der Waals surface area contributed by atoms with E-state index in [2.05, 4.69) is 51.3 Å². The fourth-order valence-electron chi connectivity index (χ4n) is 8.13. The number of imidazole rings is 2. The van der Waals surface area contributed by atoms with E-state index < -0.39 is 11.8 Å². The van der Waals surface area contributed by atoms with E-state index in [1.165, 1.54) is 12.5 Å². The van der Waals surface area contributed by atoms with E-state index in [1.807, 2.05) is 51.1 Å². The van der Waals surface area contributed by atoms with Crippen molar-refractivity contribution in [1.82, 2.24) is 30.6 Å². The van der Waals surface area contributed by atoms with Crippen LogP contribution in [0.4, 0.5) is 8.78 Å². The third-order valence-electron chi connectivity index (χ3n) is 11.8. The smallest absolute Gasteiger partial charge is 0.264 e. The molecule has 0 aliphatic heterocycles. The second-order valence-electron chi connectivity index (χ2n) is 16.7. The molecule has 4 aromatic rings. The van der Waals surface area contributed by atoms with Crippen LogP contribution < -0.4 is 10.6 Å². The quantitative estimate of drug-likeness (QED) is 0.116. The molecule has 2 heterocycles. The first-order valence-corrected chi connectivity index (χ1v) is 19.5. The molecule has 0 unspecified atom stereocenters. The monoisotopic (exact) mass is 726 g/mol. The van der Waals surface area contributed by atoms with Crippen molar-refractivity contribution in [3.05, 3.63) is 72.1 Å². The molecular formula is C43H56F2N6O2. The molecule has 4 N–H and O–H groups in total. The molecule has 0 bridgehead atoms. The molecule has 0 saturated heterocycles. The van der Waals surface area contributed by atoms with Crippen LogP contribution in [0.3, 0.4) is 0 Å². The van der Waals surface area contributed by atoms with Gasteiger partial charge < -0.3 is 20.6 Å². The van der Waals surface area contributed by atoms with Crippen LogP contribution >= 0.6 is 0 Å². The standard InChI is InChI=1S/C43H56F2N6O2/c1-26(2)35(50-40(52)42(5)19-9-7-10-20-42)38-46-24-33(48-38)29-15-13-28(14-16-29)30-17-18-31(32(23-30)37(44)45)34-25-47-39(49-34)36(27(3)4)51-41(53)43(6)21-11-8-12-22-43/h13-18,23-27,35-37H,7-12,19-22H2,1-6H3,(H,46,48)(H,47,49)(H,50,52)(H,51,53)/t35-,36-/m0/s1. The zero-order valence-corrected chi connectivity index (χ0v) is 32.1. The number of rotatable bonds is 12. The molecule has 10 heteroatoms. The van der Waals surface area contributed by atoms with Crippen LogP contribution in [-0.4, -0.2) is 31.8 Å². The van der Waals surface area contributed by atoms with Gasteiger partial charge >= 0.3 is 0 Å². The van der Waals surface area contributed by atoms with Gasteiger partial charge in [-0.2, -0.15) is 0 Å². The number of carbonyl (C=O) groups excluding carboxylic acids is 2. The predicted molar refractivity (Wildman–Crippen MR) is 206 cm³/mol. The molecule has 2 aliphatic carbocycles. The molecule has 2 aromatic heterocycles. The molecule has 2 aliphatic rings. The van der Waals surface area contributed by atoms with Crippen molar-refractivity contribution in [3.8, 4) is 33.6 Å². The zero-order chi connectivity index (χ0) is 37.9. The first-order chi connectivity index (χ1) is 25.3. The SMILES string of the molecule is CC(C)[C@H](NC(=O)C1(C)CCCCC1)c1ncc(-c2ccc(-c3ccc(-c4cnc([C@@H](NC(=O)C5(C)CCCCC5)C(C)C)[nH]4)c(C(F)F)c3)cc2)[nH]1. The summed E-state index contributed by atoms with van der Waals surface area (Å²) >= 11 is 0. The molecule has 2 aromatic carbocycles. The van der Waals surface area contributed by atoms with Gasteiger partial charge in [0.1, 0.15) is 11.6 Å². The number of halogens is 2. The summed E-state index contributed by atoms with van der Waals surface area (Å²) in [6, 6.07) is 12.2. The summed E-state index contributed by atoms with van der Waals surface area (Å²) in [4.78, 5) is 42.7. The van der Waals surface area contributed by atoms with Crippen LogP contribution in [0.25, 0.3) is 33.6 Å². The topological polar surface area (TPSA) is 116 Å². The number of hydrogen-bond donors (Lipinski definition) is 4. The number of benzene rings is 2. The van der Waals surface area contributed by atoms with Gasteiger partial charge in [-0.25, -0.2) is 18.7 Å². The molecule has 2 amide bonds. The van der Waals surface area contributed by atoms with E-state index in [4.69, 9.17) is 0 Å². The van der Waals surface area contributed by atoms with Gasteiger partial charge in [-0.1, -0.05) is 116 Å². The Morgan fingerprint density at radius 3 is 1.55 bits per heavy atom. The normalized spacial score (nSPS) is 18.2. The summed E-state index contributed by atoms with van der Waals surface area (Å²) < 4.78 is 29.2. The Kier molecular flexibility index (Phi) is 11.6. The highest BCUT2D eigenvalue weighted by molar-refractivity contribution is 5.83. The van der Waals surface area contributed by atoms with Crippen molar-refractivity contribution in [2.24, 2.45) is 22.7 Å². The number of hydrogen-bond acceptors (Lipinski definition) is 4. The summed E-state index contributed by atoms with van der Waals surface area (Å²) in [5.74, 6) is 1.58. The molecule has 0 spiro atoms. The number of alkyl halides is 2. The van der Waals surface area contributed by atoms with Crippen LogP contribution in [0.1, 0.15) is 141 Å². The van der Waals surface area contributed by atoms with Crippen molar-refractivity contribution < 1.29 is 18.4 Å². The van der Waals surface area contributed by atoms with Gasteiger partial charge in [0.2, 0.25) is 11.8 Å². The Morgan fingerprint density at radius 1 is 0.642 bits per heavy atom. The van der Waals surface area contributed by atoms with Crippen LogP contribution in [0, 0.1) is 22.7 Å². The minimum absolute atomic E-state index is 0.0260. The Morgan fingerprint density at radius 2 is 1.08 bits per heavy atom. The van der Waals surface area contributed by atoms with Gasteiger partial charge in [0.05, 0.1) is 35.9 Å². The molecular weight excluding hydrogens is 671 g/mol. The molecule has 284 valence electrons. The van der Waals surface area contributed by atoms with E-state index in [-0.39, 0.29) is 46.7 Å². The second-order valence-corrected chi connectivity index (χ2v) is 16.7. The molecule has 2 fully saturated rings. The molecule has 2 saturated carbocycles. The minimum atomic E-state index is -2.71. The van der Waals surface area contributed by atoms with Crippen molar-refractivity contribution in [2.45, 2.75) is 124 Å². The fraction of sp³-hybridized carbons (Fsp3) is 0.535. The molecule has 8 nitrogen and oxygen atoms in total. The van der Waals surface area contributed by atoms with E-state index in [0.717, 1.165) is 74.6 Å².